The van der Waals surface area contributed by atoms with Crippen molar-refractivity contribution in [1.29, 1.82) is 0 Å². The van der Waals surface area contributed by atoms with E-state index in [-0.39, 0.29) is 5.91 Å². The van der Waals surface area contributed by atoms with Gasteiger partial charge in [-0.3, -0.25) is 4.79 Å². The number of para-hydroxylation sites is 1. The minimum Gasteiger partial charge on any atom is -0.497 e. The molecule has 6 nitrogen and oxygen atoms in total. The van der Waals surface area contributed by atoms with Crippen molar-refractivity contribution in [3.8, 4) is 17.2 Å². The number of rotatable bonds is 6. The summed E-state index contributed by atoms with van der Waals surface area (Å²) in [6.45, 7) is 1.39. The van der Waals surface area contributed by atoms with Gasteiger partial charge >= 0.3 is 0 Å². The molecule has 0 bridgehead atoms. The predicted molar refractivity (Wildman–Crippen MR) is 105 cm³/mol. The molecule has 1 N–H and O–H groups in total. The van der Waals surface area contributed by atoms with Crippen molar-refractivity contribution < 1.29 is 19.0 Å². The van der Waals surface area contributed by atoms with E-state index in [0.717, 1.165) is 24.3 Å². The fraction of sp³-hybridized carbons (Fsp3) is 0.381. The second kappa shape index (κ2) is 8.66. The second-order valence-electron chi connectivity index (χ2n) is 6.48. The van der Waals surface area contributed by atoms with Gasteiger partial charge in [0.15, 0.2) is 11.5 Å². The highest BCUT2D eigenvalue weighted by Gasteiger charge is 2.26. The Labute approximate surface area is 160 Å². The van der Waals surface area contributed by atoms with Gasteiger partial charge < -0.3 is 24.4 Å². The van der Waals surface area contributed by atoms with Gasteiger partial charge in [-0.15, -0.1) is 0 Å². The fourth-order valence-corrected chi connectivity index (χ4v) is 3.40. The Morgan fingerprint density at radius 1 is 1.00 bits per heavy atom. The first-order chi connectivity index (χ1) is 13.2. The van der Waals surface area contributed by atoms with E-state index in [9.17, 15) is 4.79 Å². The largest absolute Gasteiger partial charge is 0.497 e. The summed E-state index contributed by atoms with van der Waals surface area (Å²) in [6.07, 6.45) is 1.77. The normalized spacial score (nSPS) is 14.6. The Kier molecular flexibility index (Phi) is 6.06. The number of hydrogen-bond donors (Lipinski definition) is 1. The topological polar surface area (TPSA) is 60.0 Å². The minimum absolute atomic E-state index is 0.0226. The molecule has 0 aromatic heterocycles. The van der Waals surface area contributed by atoms with E-state index in [2.05, 4.69) is 5.32 Å². The van der Waals surface area contributed by atoms with Crippen molar-refractivity contribution in [3.63, 3.8) is 0 Å². The van der Waals surface area contributed by atoms with Gasteiger partial charge in [-0.25, -0.2) is 0 Å². The molecule has 1 aliphatic rings. The molecule has 0 unspecified atom stereocenters. The van der Waals surface area contributed by atoms with Crippen molar-refractivity contribution in [2.75, 3.05) is 39.7 Å². The quantitative estimate of drug-likeness (QED) is 0.844. The first-order valence-electron chi connectivity index (χ1n) is 9.07. The van der Waals surface area contributed by atoms with E-state index < -0.39 is 0 Å². The molecule has 6 heteroatoms. The van der Waals surface area contributed by atoms with Crippen LogP contribution in [0.4, 0.5) is 5.69 Å². The summed E-state index contributed by atoms with van der Waals surface area (Å²) in [7, 11) is 4.79. The molecule has 2 aromatic carbocycles. The van der Waals surface area contributed by atoms with Gasteiger partial charge in [-0.2, -0.15) is 0 Å². The Morgan fingerprint density at radius 2 is 1.74 bits per heavy atom. The number of ether oxygens (including phenoxy) is 3. The molecule has 0 aliphatic carbocycles. The molecule has 1 heterocycles. The van der Waals surface area contributed by atoms with Crippen LogP contribution >= 0.6 is 0 Å². The average Bonchev–Trinajstić information content (AvgIpc) is 2.73. The lowest BCUT2D eigenvalue weighted by Crippen LogP contribution is -2.42. The van der Waals surface area contributed by atoms with Crippen molar-refractivity contribution in [1.82, 2.24) is 4.90 Å². The van der Waals surface area contributed by atoms with E-state index in [1.165, 1.54) is 0 Å². The monoisotopic (exact) mass is 370 g/mol. The van der Waals surface area contributed by atoms with Gasteiger partial charge in [0.1, 0.15) is 5.75 Å². The highest BCUT2D eigenvalue weighted by atomic mass is 16.5. The van der Waals surface area contributed by atoms with E-state index in [4.69, 9.17) is 14.2 Å². The third kappa shape index (κ3) is 4.27. The number of carbonyl (C=O) groups is 1. The Balaban J connectivity index is 1.63. The van der Waals surface area contributed by atoms with Crippen LogP contribution in [0.25, 0.3) is 0 Å². The van der Waals surface area contributed by atoms with Crippen LogP contribution in [0, 0.1) is 0 Å². The van der Waals surface area contributed by atoms with E-state index in [1.807, 2.05) is 35.2 Å². The maximum Gasteiger partial charge on any atom is 0.257 e. The molecular weight excluding hydrogens is 344 g/mol. The number of amides is 1. The molecule has 27 heavy (non-hydrogen) atoms. The van der Waals surface area contributed by atoms with Crippen molar-refractivity contribution >= 4 is 11.6 Å². The molecule has 1 amide bonds. The highest BCUT2D eigenvalue weighted by molar-refractivity contribution is 5.97. The van der Waals surface area contributed by atoms with Crippen LogP contribution in [0.1, 0.15) is 23.2 Å². The number of nitrogens with one attached hydrogen (secondary N) is 1. The zero-order chi connectivity index (χ0) is 19.2. The third-order valence-corrected chi connectivity index (χ3v) is 4.86. The lowest BCUT2D eigenvalue weighted by Gasteiger charge is -2.33. The van der Waals surface area contributed by atoms with Gasteiger partial charge in [0.2, 0.25) is 0 Å². The number of benzene rings is 2. The first-order valence-corrected chi connectivity index (χ1v) is 9.07. The van der Waals surface area contributed by atoms with Crippen LogP contribution in [0.5, 0.6) is 17.2 Å². The van der Waals surface area contributed by atoms with Crippen LogP contribution in [-0.2, 0) is 0 Å². The average molecular weight is 370 g/mol. The van der Waals surface area contributed by atoms with Crippen LogP contribution in [0.2, 0.25) is 0 Å². The summed E-state index contributed by atoms with van der Waals surface area (Å²) in [4.78, 5) is 14.8. The van der Waals surface area contributed by atoms with Crippen LogP contribution < -0.4 is 19.5 Å². The zero-order valence-corrected chi connectivity index (χ0v) is 16.0. The Bertz CT molecular complexity index is 786. The summed E-state index contributed by atoms with van der Waals surface area (Å²) in [6, 6.07) is 13.6. The van der Waals surface area contributed by atoms with Gasteiger partial charge in [-0.1, -0.05) is 12.1 Å². The third-order valence-electron chi connectivity index (χ3n) is 4.86. The predicted octanol–water partition coefficient (Wildman–Crippen LogP) is 3.43. The lowest BCUT2D eigenvalue weighted by atomic mass is 10.0. The smallest absolute Gasteiger partial charge is 0.257 e. The van der Waals surface area contributed by atoms with E-state index in [1.54, 1.807) is 33.5 Å². The number of hydrogen-bond acceptors (Lipinski definition) is 5. The summed E-state index contributed by atoms with van der Waals surface area (Å²) in [5, 5.41) is 3.53. The molecule has 0 radical (unpaired) electrons. The molecule has 0 atom stereocenters. The summed E-state index contributed by atoms with van der Waals surface area (Å²) in [5.74, 6) is 1.86. The molecule has 1 fully saturated rings. The molecule has 0 spiro atoms. The number of nitrogens with zero attached hydrogens (tertiary/aromatic N) is 1. The van der Waals surface area contributed by atoms with Gasteiger partial charge in [0, 0.05) is 30.9 Å². The maximum atomic E-state index is 12.9. The standard InChI is InChI=1S/C21H26N2O4/c1-25-17-7-4-6-16(14-17)22-15-10-12-23(13-11-15)21(24)18-8-5-9-19(26-2)20(18)27-3/h4-9,14-15,22H,10-13H2,1-3H3. The number of anilines is 1. The Hall–Kier alpha value is -2.89. The SMILES string of the molecule is COc1cccc(NC2CCN(C(=O)c3cccc(OC)c3OC)CC2)c1. The lowest BCUT2D eigenvalue weighted by molar-refractivity contribution is 0.0714. The molecule has 144 valence electrons. The van der Waals surface area contributed by atoms with E-state index in [0.29, 0.717) is 36.2 Å². The second-order valence-corrected chi connectivity index (χ2v) is 6.48. The van der Waals surface area contributed by atoms with Crippen molar-refractivity contribution in [2.45, 2.75) is 18.9 Å². The maximum absolute atomic E-state index is 12.9. The van der Waals surface area contributed by atoms with Crippen LogP contribution in [0.15, 0.2) is 42.5 Å². The number of piperidine rings is 1. The molecular formula is C21H26N2O4. The Morgan fingerprint density at radius 3 is 2.41 bits per heavy atom. The summed E-state index contributed by atoms with van der Waals surface area (Å²) >= 11 is 0. The molecule has 0 saturated carbocycles. The highest BCUT2D eigenvalue weighted by Crippen LogP contribution is 2.32. The minimum atomic E-state index is -0.0226. The zero-order valence-electron chi connectivity index (χ0n) is 16.0. The van der Waals surface area contributed by atoms with Crippen molar-refractivity contribution in [2.24, 2.45) is 0 Å². The van der Waals surface area contributed by atoms with Gasteiger partial charge in [-0.05, 0) is 37.1 Å². The van der Waals surface area contributed by atoms with Gasteiger partial charge in [0.25, 0.3) is 5.91 Å². The fourth-order valence-electron chi connectivity index (χ4n) is 3.40. The molecule has 1 saturated heterocycles. The summed E-state index contributed by atoms with van der Waals surface area (Å²) < 4.78 is 16.0. The molecule has 1 aliphatic heterocycles. The van der Waals surface area contributed by atoms with Crippen molar-refractivity contribution in [3.05, 3.63) is 48.0 Å². The molecule has 2 aromatic rings. The molecule has 3 rings (SSSR count). The summed E-state index contributed by atoms with van der Waals surface area (Å²) in [5.41, 5.74) is 1.57. The first kappa shape index (κ1) is 18.9. The number of likely N-dealkylation sites (tertiary alicyclic amines) is 1. The van der Waals surface area contributed by atoms with Crippen LogP contribution in [0.3, 0.4) is 0 Å². The van der Waals surface area contributed by atoms with Crippen LogP contribution in [-0.4, -0.2) is 51.3 Å². The van der Waals surface area contributed by atoms with E-state index >= 15 is 0 Å². The van der Waals surface area contributed by atoms with Gasteiger partial charge in [0.05, 0.1) is 26.9 Å². The number of methoxy groups -OCH3 is 3. The number of carbonyl (C=O) groups excluding carboxylic acids is 1.